The van der Waals surface area contributed by atoms with Crippen LogP contribution in [0.25, 0.3) is 0 Å². The van der Waals surface area contributed by atoms with Gasteiger partial charge in [-0.25, -0.2) is 0 Å². The van der Waals surface area contributed by atoms with E-state index >= 15 is 0 Å². The van der Waals surface area contributed by atoms with Gasteiger partial charge in [0.25, 0.3) is 0 Å². The standard InChI is InChI=1S/C12H22N4O.HI/c1-5-9(6-2)11-7-10(17-16-11)8-15-12(13-3)14-4;/h7,9H,5-6,8H2,1-4H3,(H2,13,14,15);1H. The molecule has 0 saturated heterocycles. The molecule has 18 heavy (non-hydrogen) atoms. The molecule has 2 N–H and O–H groups in total. The lowest BCUT2D eigenvalue weighted by atomic mass is 9.99. The highest BCUT2D eigenvalue weighted by Gasteiger charge is 2.12. The Bertz CT molecular complexity index is 361. The first-order valence-corrected chi connectivity index (χ1v) is 6.08. The topological polar surface area (TPSA) is 62.5 Å². The zero-order valence-corrected chi connectivity index (χ0v) is 13.8. The van der Waals surface area contributed by atoms with Crippen LogP contribution in [-0.4, -0.2) is 25.2 Å². The van der Waals surface area contributed by atoms with Crippen LogP contribution in [0.3, 0.4) is 0 Å². The van der Waals surface area contributed by atoms with E-state index in [1.54, 1.807) is 7.05 Å². The Morgan fingerprint density at radius 1 is 1.44 bits per heavy atom. The SMILES string of the molecule is CCC(CC)c1cc(CNC(=NC)NC)on1.I. The van der Waals surface area contributed by atoms with E-state index in [2.05, 4.69) is 34.6 Å². The fourth-order valence-electron chi connectivity index (χ4n) is 1.76. The maximum absolute atomic E-state index is 5.29. The van der Waals surface area contributed by atoms with Gasteiger partial charge in [-0.15, -0.1) is 24.0 Å². The third-order valence-corrected chi connectivity index (χ3v) is 2.87. The van der Waals surface area contributed by atoms with Crippen molar-refractivity contribution in [2.24, 2.45) is 4.99 Å². The average Bonchev–Trinajstić information content (AvgIpc) is 2.81. The van der Waals surface area contributed by atoms with Gasteiger partial charge in [0.1, 0.15) is 0 Å². The van der Waals surface area contributed by atoms with Crippen LogP contribution in [0, 0.1) is 0 Å². The van der Waals surface area contributed by atoms with Crippen LogP contribution in [0.15, 0.2) is 15.6 Å². The predicted molar refractivity (Wildman–Crippen MR) is 84.5 cm³/mol. The smallest absolute Gasteiger partial charge is 0.191 e. The molecule has 0 fully saturated rings. The number of rotatable bonds is 5. The molecule has 1 aromatic rings. The Morgan fingerprint density at radius 3 is 2.61 bits per heavy atom. The molecular weight excluding hydrogens is 343 g/mol. The van der Waals surface area contributed by atoms with Crippen LogP contribution in [0.2, 0.25) is 0 Å². The normalized spacial score (nSPS) is 11.3. The fraction of sp³-hybridized carbons (Fsp3) is 0.667. The van der Waals surface area contributed by atoms with Gasteiger partial charge in [-0.05, 0) is 12.8 Å². The molecule has 6 heteroatoms. The van der Waals surface area contributed by atoms with Crippen LogP contribution < -0.4 is 10.6 Å². The third-order valence-electron chi connectivity index (χ3n) is 2.87. The Balaban J connectivity index is 0.00000289. The molecule has 104 valence electrons. The number of hydrogen-bond acceptors (Lipinski definition) is 3. The largest absolute Gasteiger partial charge is 0.359 e. The summed E-state index contributed by atoms with van der Waals surface area (Å²) in [5.41, 5.74) is 1.05. The van der Waals surface area contributed by atoms with Gasteiger partial charge in [0.2, 0.25) is 0 Å². The molecule has 0 aliphatic heterocycles. The van der Waals surface area contributed by atoms with Gasteiger partial charge in [0, 0.05) is 26.1 Å². The maximum Gasteiger partial charge on any atom is 0.191 e. The predicted octanol–water partition coefficient (Wildman–Crippen LogP) is 2.49. The second-order valence-electron chi connectivity index (χ2n) is 3.91. The van der Waals surface area contributed by atoms with Crippen molar-refractivity contribution in [3.8, 4) is 0 Å². The van der Waals surface area contributed by atoms with E-state index in [0.29, 0.717) is 12.5 Å². The second-order valence-corrected chi connectivity index (χ2v) is 3.91. The number of nitrogens with one attached hydrogen (secondary N) is 2. The lowest BCUT2D eigenvalue weighted by molar-refractivity contribution is 0.368. The van der Waals surface area contributed by atoms with E-state index in [4.69, 9.17) is 4.52 Å². The summed E-state index contributed by atoms with van der Waals surface area (Å²) in [6.07, 6.45) is 2.18. The highest BCUT2D eigenvalue weighted by Crippen LogP contribution is 2.22. The molecule has 0 amide bonds. The zero-order chi connectivity index (χ0) is 12.7. The summed E-state index contributed by atoms with van der Waals surface area (Å²) < 4.78 is 5.29. The summed E-state index contributed by atoms with van der Waals surface area (Å²) in [5, 5.41) is 10.2. The number of aliphatic imine (C=N–C) groups is 1. The van der Waals surface area contributed by atoms with Crippen molar-refractivity contribution in [3.63, 3.8) is 0 Å². The average molecular weight is 366 g/mol. The van der Waals surface area contributed by atoms with Gasteiger partial charge in [-0.1, -0.05) is 19.0 Å². The highest BCUT2D eigenvalue weighted by molar-refractivity contribution is 14.0. The van der Waals surface area contributed by atoms with E-state index in [-0.39, 0.29) is 24.0 Å². The molecule has 0 radical (unpaired) electrons. The minimum Gasteiger partial charge on any atom is -0.359 e. The summed E-state index contributed by atoms with van der Waals surface area (Å²) in [5.74, 6) is 2.07. The van der Waals surface area contributed by atoms with E-state index < -0.39 is 0 Å². The first-order valence-electron chi connectivity index (χ1n) is 6.08. The molecule has 0 atom stereocenters. The van der Waals surface area contributed by atoms with E-state index in [9.17, 15) is 0 Å². The highest BCUT2D eigenvalue weighted by atomic mass is 127. The molecule has 0 unspecified atom stereocenters. The number of aromatic nitrogens is 1. The Hall–Kier alpha value is -0.790. The molecule has 0 aliphatic carbocycles. The molecule has 0 saturated carbocycles. The summed E-state index contributed by atoms with van der Waals surface area (Å²) in [4.78, 5) is 4.03. The molecule has 1 heterocycles. The number of hydrogen-bond donors (Lipinski definition) is 2. The number of nitrogens with zero attached hydrogens (tertiary/aromatic N) is 2. The molecular formula is C12H23IN4O. The van der Waals surface area contributed by atoms with Gasteiger partial charge in [0.15, 0.2) is 11.7 Å². The van der Waals surface area contributed by atoms with Crippen molar-refractivity contribution < 1.29 is 4.52 Å². The van der Waals surface area contributed by atoms with Crippen LogP contribution in [-0.2, 0) is 6.54 Å². The quantitative estimate of drug-likeness (QED) is 0.478. The molecule has 1 aromatic heterocycles. The molecule has 0 aliphatic rings. The molecule has 1 rings (SSSR count). The van der Waals surface area contributed by atoms with Crippen LogP contribution in [0.1, 0.15) is 44.1 Å². The number of guanidine groups is 1. The summed E-state index contributed by atoms with van der Waals surface area (Å²) in [7, 11) is 3.56. The van der Waals surface area contributed by atoms with E-state index in [0.717, 1.165) is 30.3 Å². The minimum absolute atomic E-state index is 0. The van der Waals surface area contributed by atoms with Crippen molar-refractivity contribution in [2.75, 3.05) is 14.1 Å². The van der Waals surface area contributed by atoms with Crippen LogP contribution >= 0.6 is 24.0 Å². The van der Waals surface area contributed by atoms with Crippen molar-refractivity contribution in [1.82, 2.24) is 15.8 Å². The molecule has 0 spiro atoms. The maximum atomic E-state index is 5.29. The molecule has 0 bridgehead atoms. The Labute approximate surface area is 126 Å². The van der Waals surface area contributed by atoms with Crippen LogP contribution in [0.5, 0.6) is 0 Å². The monoisotopic (exact) mass is 366 g/mol. The van der Waals surface area contributed by atoms with Gasteiger partial charge in [-0.2, -0.15) is 0 Å². The van der Waals surface area contributed by atoms with E-state index in [1.165, 1.54) is 0 Å². The minimum atomic E-state index is 0. The first-order chi connectivity index (χ1) is 8.24. The molecule has 0 aromatic carbocycles. The van der Waals surface area contributed by atoms with Gasteiger partial charge in [-0.3, -0.25) is 4.99 Å². The summed E-state index contributed by atoms with van der Waals surface area (Å²) in [6, 6.07) is 2.02. The van der Waals surface area contributed by atoms with Gasteiger partial charge in [0.05, 0.1) is 12.2 Å². The summed E-state index contributed by atoms with van der Waals surface area (Å²) in [6.45, 7) is 4.94. The van der Waals surface area contributed by atoms with Crippen molar-refractivity contribution in [3.05, 3.63) is 17.5 Å². The van der Waals surface area contributed by atoms with Gasteiger partial charge >= 0.3 is 0 Å². The fourth-order valence-corrected chi connectivity index (χ4v) is 1.76. The summed E-state index contributed by atoms with van der Waals surface area (Å²) >= 11 is 0. The lowest BCUT2D eigenvalue weighted by Gasteiger charge is -2.06. The Kier molecular flexibility index (Phi) is 8.78. The first kappa shape index (κ1) is 17.2. The van der Waals surface area contributed by atoms with Crippen LogP contribution in [0.4, 0.5) is 0 Å². The van der Waals surface area contributed by atoms with E-state index in [1.807, 2.05) is 13.1 Å². The second kappa shape index (κ2) is 9.18. The zero-order valence-electron chi connectivity index (χ0n) is 11.5. The molecule has 5 nitrogen and oxygen atoms in total. The third kappa shape index (κ3) is 4.83. The lowest BCUT2D eigenvalue weighted by Crippen LogP contribution is -2.33. The van der Waals surface area contributed by atoms with Crippen molar-refractivity contribution in [1.29, 1.82) is 0 Å². The number of halogens is 1. The van der Waals surface area contributed by atoms with Gasteiger partial charge < -0.3 is 15.2 Å². The van der Waals surface area contributed by atoms with Crippen molar-refractivity contribution in [2.45, 2.75) is 39.2 Å². The Morgan fingerprint density at radius 2 is 2.11 bits per heavy atom. The van der Waals surface area contributed by atoms with Crippen molar-refractivity contribution >= 4 is 29.9 Å².